The fourth-order valence-electron chi connectivity index (χ4n) is 2.47. The van der Waals surface area contributed by atoms with Crippen LogP contribution in [0.2, 0.25) is 0 Å². The van der Waals surface area contributed by atoms with Crippen molar-refractivity contribution in [1.29, 1.82) is 0 Å². The van der Waals surface area contributed by atoms with Crippen molar-refractivity contribution in [3.05, 3.63) is 94.5 Å². The van der Waals surface area contributed by atoms with Gasteiger partial charge < -0.3 is 0 Å². The van der Waals surface area contributed by atoms with Gasteiger partial charge in [-0.2, -0.15) is 5.10 Å². The lowest BCUT2D eigenvalue weighted by Gasteiger charge is -2.06. The molecule has 25 heavy (non-hydrogen) atoms. The van der Waals surface area contributed by atoms with Crippen molar-refractivity contribution in [2.45, 2.75) is 6.92 Å². The van der Waals surface area contributed by atoms with Crippen LogP contribution in [0, 0.1) is 10.1 Å². The summed E-state index contributed by atoms with van der Waals surface area (Å²) in [4.78, 5) is 10.6. The molecule has 0 atom stereocenters. The molecule has 0 amide bonds. The van der Waals surface area contributed by atoms with Crippen molar-refractivity contribution in [3.8, 4) is 11.1 Å². The predicted octanol–water partition coefficient (Wildman–Crippen LogP) is 5.10. The highest BCUT2D eigenvalue weighted by molar-refractivity contribution is 5.99. The molecule has 3 aromatic carbocycles. The van der Waals surface area contributed by atoms with E-state index < -0.39 is 4.92 Å². The van der Waals surface area contributed by atoms with Crippen molar-refractivity contribution in [1.82, 2.24) is 0 Å². The largest absolute Gasteiger partial charge is 0.294 e. The van der Waals surface area contributed by atoms with Crippen LogP contribution in [0.3, 0.4) is 0 Å². The average molecular weight is 331 g/mol. The molecule has 3 rings (SSSR count). The monoisotopic (exact) mass is 331 g/mol. The summed E-state index contributed by atoms with van der Waals surface area (Å²) in [5.74, 6) is 0. The molecule has 0 saturated carbocycles. The summed E-state index contributed by atoms with van der Waals surface area (Å²) >= 11 is 0. The molecular weight excluding hydrogens is 314 g/mol. The summed E-state index contributed by atoms with van der Waals surface area (Å²) in [6.07, 6.45) is 0. The Morgan fingerprint density at radius 2 is 1.48 bits per heavy atom. The first kappa shape index (κ1) is 16.4. The number of hydrogen-bond acceptors (Lipinski definition) is 4. The van der Waals surface area contributed by atoms with Crippen LogP contribution in [-0.4, -0.2) is 10.6 Å². The summed E-state index contributed by atoms with van der Waals surface area (Å²) in [7, 11) is 0. The fourth-order valence-corrected chi connectivity index (χ4v) is 2.47. The van der Waals surface area contributed by atoms with E-state index in [1.165, 1.54) is 6.07 Å². The van der Waals surface area contributed by atoms with Crippen molar-refractivity contribution >= 4 is 17.1 Å². The van der Waals surface area contributed by atoms with Gasteiger partial charge in [0, 0.05) is 6.07 Å². The molecule has 0 saturated heterocycles. The average Bonchev–Trinajstić information content (AvgIpc) is 2.67. The lowest BCUT2D eigenvalue weighted by Crippen LogP contribution is -2.01. The molecule has 0 aromatic heterocycles. The lowest BCUT2D eigenvalue weighted by molar-refractivity contribution is -0.384. The zero-order valence-corrected chi connectivity index (χ0v) is 13.7. The molecule has 0 radical (unpaired) electrons. The zero-order valence-electron chi connectivity index (χ0n) is 13.7. The van der Waals surface area contributed by atoms with Crippen LogP contribution in [0.15, 0.2) is 84.0 Å². The number of para-hydroxylation sites is 2. The molecule has 0 heterocycles. The fraction of sp³-hybridized carbons (Fsp3) is 0.0500. The number of nitro benzene ring substituents is 1. The molecule has 0 aliphatic heterocycles. The standard InChI is InChI=1S/C20H17N3O2/c1-15(21-22-19-9-5-6-10-20(19)23(24)25)16-11-13-18(14-12-16)17-7-3-2-4-8-17/h2-14,22H,1H3. The summed E-state index contributed by atoms with van der Waals surface area (Å²) < 4.78 is 0. The van der Waals surface area contributed by atoms with Crippen LogP contribution in [0.4, 0.5) is 11.4 Å². The third kappa shape index (κ3) is 3.90. The van der Waals surface area contributed by atoms with Crippen LogP contribution in [0.1, 0.15) is 12.5 Å². The molecule has 1 N–H and O–H groups in total. The highest BCUT2D eigenvalue weighted by atomic mass is 16.6. The lowest BCUT2D eigenvalue weighted by atomic mass is 10.0. The van der Waals surface area contributed by atoms with Crippen molar-refractivity contribution in [3.63, 3.8) is 0 Å². The van der Waals surface area contributed by atoms with Gasteiger partial charge in [-0.25, -0.2) is 0 Å². The van der Waals surface area contributed by atoms with Gasteiger partial charge in [-0.05, 0) is 29.7 Å². The van der Waals surface area contributed by atoms with E-state index in [1.807, 2.05) is 49.4 Å². The first-order valence-corrected chi connectivity index (χ1v) is 7.85. The molecule has 124 valence electrons. The van der Waals surface area contributed by atoms with Gasteiger partial charge in [-0.15, -0.1) is 0 Å². The number of rotatable bonds is 5. The zero-order chi connectivity index (χ0) is 17.6. The maximum Gasteiger partial charge on any atom is 0.294 e. The molecule has 0 bridgehead atoms. The third-order valence-corrected chi connectivity index (χ3v) is 3.85. The van der Waals surface area contributed by atoms with E-state index in [0.29, 0.717) is 5.69 Å². The van der Waals surface area contributed by atoms with Gasteiger partial charge in [-0.3, -0.25) is 15.5 Å². The first-order chi connectivity index (χ1) is 12.1. The molecule has 0 spiro atoms. The number of nitrogens with one attached hydrogen (secondary N) is 1. The van der Waals surface area contributed by atoms with Gasteiger partial charge in [0.25, 0.3) is 5.69 Å². The molecule has 0 fully saturated rings. The molecular formula is C20H17N3O2. The van der Waals surface area contributed by atoms with E-state index in [2.05, 4.69) is 22.7 Å². The van der Waals surface area contributed by atoms with E-state index in [0.717, 1.165) is 22.4 Å². The van der Waals surface area contributed by atoms with Gasteiger partial charge >= 0.3 is 0 Å². The number of benzene rings is 3. The summed E-state index contributed by atoms with van der Waals surface area (Å²) in [5, 5.41) is 15.3. The van der Waals surface area contributed by atoms with Crippen LogP contribution in [0.5, 0.6) is 0 Å². The molecule has 5 heteroatoms. The van der Waals surface area contributed by atoms with Crippen LogP contribution in [0.25, 0.3) is 11.1 Å². The number of nitro groups is 1. The number of hydrazone groups is 1. The van der Waals surface area contributed by atoms with E-state index >= 15 is 0 Å². The molecule has 0 aliphatic carbocycles. The molecule has 3 aromatic rings. The van der Waals surface area contributed by atoms with Crippen molar-refractivity contribution in [2.24, 2.45) is 5.10 Å². The van der Waals surface area contributed by atoms with Gasteiger partial charge in [0.15, 0.2) is 0 Å². The van der Waals surface area contributed by atoms with Crippen LogP contribution < -0.4 is 5.43 Å². The molecule has 5 nitrogen and oxygen atoms in total. The molecule has 0 unspecified atom stereocenters. The number of nitrogens with zero attached hydrogens (tertiary/aromatic N) is 2. The Labute approximate surface area is 145 Å². The Hall–Kier alpha value is -3.47. The first-order valence-electron chi connectivity index (χ1n) is 7.85. The second-order valence-electron chi connectivity index (χ2n) is 5.53. The van der Waals surface area contributed by atoms with Crippen molar-refractivity contribution in [2.75, 3.05) is 5.43 Å². The van der Waals surface area contributed by atoms with Gasteiger partial charge in [-0.1, -0.05) is 66.7 Å². The smallest absolute Gasteiger partial charge is 0.271 e. The SMILES string of the molecule is CC(=NNc1ccccc1[N+](=O)[O-])c1ccc(-c2ccccc2)cc1. The van der Waals surface area contributed by atoms with Crippen LogP contribution in [-0.2, 0) is 0 Å². The van der Waals surface area contributed by atoms with Crippen molar-refractivity contribution < 1.29 is 4.92 Å². The van der Waals surface area contributed by atoms with Gasteiger partial charge in [0.05, 0.1) is 10.6 Å². The quantitative estimate of drug-likeness (QED) is 0.402. The highest BCUT2D eigenvalue weighted by Gasteiger charge is 2.11. The Morgan fingerprint density at radius 3 is 2.16 bits per heavy atom. The summed E-state index contributed by atoms with van der Waals surface area (Å²) in [5.41, 5.74) is 7.13. The predicted molar refractivity (Wildman–Crippen MR) is 101 cm³/mol. The minimum absolute atomic E-state index is 0.00141. The highest BCUT2D eigenvalue weighted by Crippen LogP contribution is 2.23. The van der Waals surface area contributed by atoms with E-state index in [4.69, 9.17) is 0 Å². The van der Waals surface area contributed by atoms with Gasteiger partial charge in [0.2, 0.25) is 0 Å². The second kappa shape index (κ2) is 7.40. The van der Waals surface area contributed by atoms with E-state index in [9.17, 15) is 10.1 Å². The van der Waals surface area contributed by atoms with Gasteiger partial charge in [0.1, 0.15) is 5.69 Å². The maximum absolute atomic E-state index is 11.0. The molecule has 0 aliphatic rings. The Kier molecular flexibility index (Phi) is 4.85. The van der Waals surface area contributed by atoms with Crippen LogP contribution >= 0.6 is 0 Å². The summed E-state index contributed by atoms with van der Waals surface area (Å²) in [6.45, 7) is 1.86. The van der Waals surface area contributed by atoms with E-state index in [1.54, 1.807) is 18.2 Å². The summed E-state index contributed by atoms with van der Waals surface area (Å²) in [6, 6.07) is 24.6. The minimum atomic E-state index is -0.429. The minimum Gasteiger partial charge on any atom is -0.271 e. The Balaban J connectivity index is 1.78. The number of hydrogen-bond donors (Lipinski definition) is 1. The second-order valence-corrected chi connectivity index (χ2v) is 5.53. The Morgan fingerprint density at radius 1 is 0.880 bits per heavy atom. The third-order valence-electron chi connectivity index (χ3n) is 3.85. The number of anilines is 1. The Bertz CT molecular complexity index is 904. The van der Waals surface area contributed by atoms with E-state index in [-0.39, 0.29) is 5.69 Å². The maximum atomic E-state index is 11.0. The normalized spacial score (nSPS) is 11.2. The topological polar surface area (TPSA) is 67.5 Å².